The van der Waals surface area contributed by atoms with Gasteiger partial charge in [0.1, 0.15) is 6.04 Å². The van der Waals surface area contributed by atoms with Crippen molar-refractivity contribution in [3.63, 3.8) is 0 Å². The van der Waals surface area contributed by atoms with Crippen molar-refractivity contribution in [1.82, 2.24) is 10.2 Å². The predicted molar refractivity (Wildman–Crippen MR) is 67.1 cm³/mol. The van der Waals surface area contributed by atoms with Gasteiger partial charge in [-0.3, -0.25) is 4.79 Å². The Morgan fingerprint density at radius 2 is 2.17 bits per heavy atom. The van der Waals surface area contributed by atoms with E-state index in [9.17, 15) is 14.7 Å². The minimum atomic E-state index is -0.854. The van der Waals surface area contributed by atoms with Gasteiger partial charge in [-0.15, -0.1) is 0 Å². The summed E-state index contributed by atoms with van der Waals surface area (Å²) in [4.78, 5) is 25.3. The highest BCUT2D eigenvalue weighted by Gasteiger charge is 2.38. The number of nitrogens with zero attached hydrogens (tertiary/aromatic N) is 1. The van der Waals surface area contributed by atoms with Crippen molar-refractivity contribution in [2.75, 3.05) is 19.6 Å². The summed E-state index contributed by atoms with van der Waals surface area (Å²) in [6.45, 7) is 4.24. The maximum atomic E-state index is 12.3. The SMILES string of the molecule is CCC1CCN(C(=O)C2CCNC2)C(C(=O)O)C1. The van der Waals surface area contributed by atoms with Crippen molar-refractivity contribution in [1.29, 1.82) is 0 Å². The third-order valence-corrected chi connectivity index (χ3v) is 4.27. The zero-order chi connectivity index (χ0) is 13.1. The van der Waals surface area contributed by atoms with E-state index in [2.05, 4.69) is 12.2 Å². The molecule has 3 atom stereocenters. The minimum Gasteiger partial charge on any atom is -0.480 e. The van der Waals surface area contributed by atoms with Gasteiger partial charge in [-0.2, -0.15) is 0 Å². The molecule has 0 aromatic heterocycles. The van der Waals surface area contributed by atoms with E-state index in [1.165, 1.54) is 0 Å². The first-order valence-corrected chi connectivity index (χ1v) is 6.87. The number of carbonyl (C=O) groups excluding carboxylic acids is 1. The molecule has 0 spiro atoms. The Balaban J connectivity index is 2.05. The lowest BCUT2D eigenvalue weighted by Crippen LogP contribution is -2.52. The fourth-order valence-electron chi connectivity index (χ4n) is 3.01. The second-order valence-electron chi connectivity index (χ2n) is 5.37. The molecule has 0 saturated carbocycles. The van der Waals surface area contributed by atoms with Gasteiger partial charge in [-0.1, -0.05) is 13.3 Å². The summed E-state index contributed by atoms with van der Waals surface area (Å²) in [5, 5.41) is 12.5. The maximum Gasteiger partial charge on any atom is 0.326 e. The van der Waals surface area contributed by atoms with E-state index in [4.69, 9.17) is 0 Å². The number of piperidine rings is 1. The summed E-state index contributed by atoms with van der Waals surface area (Å²) in [5.74, 6) is -0.406. The van der Waals surface area contributed by atoms with Crippen LogP contribution in [0.5, 0.6) is 0 Å². The van der Waals surface area contributed by atoms with Gasteiger partial charge in [0.25, 0.3) is 0 Å². The molecule has 0 radical (unpaired) electrons. The Labute approximate surface area is 108 Å². The number of rotatable bonds is 3. The summed E-state index contributed by atoms with van der Waals surface area (Å²) < 4.78 is 0. The molecule has 5 nitrogen and oxygen atoms in total. The molecular weight excluding hydrogens is 232 g/mol. The molecule has 18 heavy (non-hydrogen) atoms. The van der Waals surface area contributed by atoms with Crippen LogP contribution >= 0.6 is 0 Å². The number of aliphatic carboxylic acids is 1. The first-order valence-electron chi connectivity index (χ1n) is 6.87. The lowest BCUT2D eigenvalue weighted by Gasteiger charge is -2.38. The van der Waals surface area contributed by atoms with Crippen molar-refractivity contribution < 1.29 is 14.7 Å². The van der Waals surface area contributed by atoms with Crippen LogP contribution in [0, 0.1) is 11.8 Å². The van der Waals surface area contributed by atoms with Crippen LogP contribution in [0.15, 0.2) is 0 Å². The van der Waals surface area contributed by atoms with Crippen LogP contribution < -0.4 is 5.32 Å². The van der Waals surface area contributed by atoms with Crippen LogP contribution in [0.1, 0.15) is 32.6 Å². The van der Waals surface area contributed by atoms with Crippen molar-refractivity contribution in [2.45, 2.75) is 38.6 Å². The zero-order valence-electron chi connectivity index (χ0n) is 10.9. The quantitative estimate of drug-likeness (QED) is 0.778. The smallest absolute Gasteiger partial charge is 0.326 e. The molecule has 3 unspecified atom stereocenters. The Kier molecular flexibility index (Phi) is 4.22. The zero-order valence-corrected chi connectivity index (χ0v) is 10.9. The first-order chi connectivity index (χ1) is 8.63. The van der Waals surface area contributed by atoms with Crippen LogP contribution in [0.3, 0.4) is 0 Å². The van der Waals surface area contributed by atoms with E-state index in [-0.39, 0.29) is 11.8 Å². The highest BCUT2D eigenvalue weighted by Crippen LogP contribution is 2.27. The van der Waals surface area contributed by atoms with E-state index in [0.717, 1.165) is 25.8 Å². The van der Waals surface area contributed by atoms with Crippen LogP contribution in [0.25, 0.3) is 0 Å². The summed E-state index contributed by atoms with van der Waals surface area (Å²) in [6, 6.07) is -0.614. The van der Waals surface area contributed by atoms with Gasteiger partial charge < -0.3 is 15.3 Å². The van der Waals surface area contributed by atoms with Gasteiger partial charge in [0.15, 0.2) is 0 Å². The van der Waals surface area contributed by atoms with E-state index in [0.29, 0.717) is 25.4 Å². The molecular formula is C13H22N2O3. The number of carboxylic acid groups (broad SMARTS) is 1. The number of hydrogen-bond donors (Lipinski definition) is 2. The van der Waals surface area contributed by atoms with Gasteiger partial charge in [-0.05, 0) is 31.7 Å². The molecule has 2 rings (SSSR count). The van der Waals surface area contributed by atoms with Gasteiger partial charge in [0.05, 0.1) is 5.92 Å². The Hall–Kier alpha value is -1.10. The highest BCUT2D eigenvalue weighted by molar-refractivity contribution is 5.85. The molecule has 0 aromatic carbocycles. The van der Waals surface area contributed by atoms with Gasteiger partial charge in [0, 0.05) is 13.1 Å². The van der Waals surface area contributed by atoms with E-state index in [1.807, 2.05) is 0 Å². The van der Waals surface area contributed by atoms with Crippen LogP contribution in [-0.2, 0) is 9.59 Å². The molecule has 0 aliphatic carbocycles. The molecule has 0 bridgehead atoms. The van der Waals surface area contributed by atoms with Gasteiger partial charge in [-0.25, -0.2) is 4.79 Å². The standard InChI is InChI=1S/C13H22N2O3/c1-2-9-4-6-15(11(7-9)13(17)18)12(16)10-3-5-14-8-10/h9-11,14H,2-8H2,1H3,(H,17,18). The van der Waals surface area contributed by atoms with Crippen LogP contribution in [0.4, 0.5) is 0 Å². The molecule has 2 aliphatic rings. The number of carbonyl (C=O) groups is 2. The Morgan fingerprint density at radius 3 is 2.72 bits per heavy atom. The van der Waals surface area contributed by atoms with Crippen molar-refractivity contribution >= 4 is 11.9 Å². The monoisotopic (exact) mass is 254 g/mol. The largest absolute Gasteiger partial charge is 0.480 e. The van der Waals surface area contributed by atoms with E-state index >= 15 is 0 Å². The molecule has 2 aliphatic heterocycles. The summed E-state index contributed by atoms with van der Waals surface area (Å²) in [6.07, 6.45) is 3.37. The minimum absolute atomic E-state index is 0.0231. The van der Waals surface area contributed by atoms with Gasteiger partial charge >= 0.3 is 5.97 Å². The van der Waals surface area contributed by atoms with Crippen molar-refractivity contribution in [2.24, 2.45) is 11.8 Å². The van der Waals surface area contributed by atoms with Crippen molar-refractivity contribution in [3.8, 4) is 0 Å². The van der Waals surface area contributed by atoms with E-state index in [1.54, 1.807) is 4.90 Å². The molecule has 2 N–H and O–H groups in total. The molecule has 102 valence electrons. The van der Waals surface area contributed by atoms with E-state index < -0.39 is 12.0 Å². The molecule has 2 saturated heterocycles. The van der Waals surface area contributed by atoms with Crippen molar-refractivity contribution in [3.05, 3.63) is 0 Å². The molecule has 2 fully saturated rings. The maximum absolute atomic E-state index is 12.3. The molecule has 1 amide bonds. The normalized spacial score (nSPS) is 32.5. The van der Waals surface area contributed by atoms with Crippen LogP contribution in [0.2, 0.25) is 0 Å². The average molecular weight is 254 g/mol. The average Bonchev–Trinajstić information content (AvgIpc) is 2.91. The fourth-order valence-corrected chi connectivity index (χ4v) is 3.01. The van der Waals surface area contributed by atoms with Crippen LogP contribution in [-0.4, -0.2) is 47.6 Å². The lowest BCUT2D eigenvalue weighted by molar-refractivity contribution is -0.154. The molecule has 0 aromatic rings. The number of carboxylic acids is 1. The number of hydrogen-bond acceptors (Lipinski definition) is 3. The number of likely N-dealkylation sites (tertiary alicyclic amines) is 1. The second kappa shape index (κ2) is 5.69. The number of amides is 1. The van der Waals surface area contributed by atoms with Gasteiger partial charge in [0.2, 0.25) is 5.91 Å². The predicted octanol–water partition coefficient (Wildman–Crippen LogP) is 0.698. The summed E-state index contributed by atoms with van der Waals surface area (Å²) in [5.41, 5.74) is 0. The Morgan fingerprint density at radius 1 is 1.39 bits per heavy atom. The number of nitrogens with one attached hydrogen (secondary N) is 1. The Bertz CT molecular complexity index is 326. The summed E-state index contributed by atoms with van der Waals surface area (Å²) >= 11 is 0. The summed E-state index contributed by atoms with van der Waals surface area (Å²) in [7, 11) is 0. The highest BCUT2D eigenvalue weighted by atomic mass is 16.4. The second-order valence-corrected chi connectivity index (χ2v) is 5.37. The topological polar surface area (TPSA) is 69.6 Å². The third-order valence-electron chi connectivity index (χ3n) is 4.27. The lowest BCUT2D eigenvalue weighted by atomic mass is 9.88. The molecule has 5 heteroatoms. The molecule has 2 heterocycles. The first kappa shape index (κ1) is 13.3. The third kappa shape index (κ3) is 2.66. The fraction of sp³-hybridized carbons (Fsp3) is 0.846.